The third-order valence-electron chi connectivity index (χ3n) is 3.76. The average Bonchev–Trinajstić information content (AvgIpc) is 3.35. The van der Waals surface area contributed by atoms with Gasteiger partial charge in [0.25, 0.3) is 5.89 Å². The van der Waals surface area contributed by atoms with E-state index in [0.29, 0.717) is 42.0 Å². The van der Waals surface area contributed by atoms with Crippen LogP contribution in [0.2, 0.25) is 0 Å². The van der Waals surface area contributed by atoms with Gasteiger partial charge in [-0.15, -0.1) is 5.10 Å². The van der Waals surface area contributed by atoms with Crippen molar-refractivity contribution in [2.45, 2.75) is 13.5 Å². The van der Waals surface area contributed by atoms with Crippen molar-refractivity contribution in [1.82, 2.24) is 30.5 Å². The number of nitrogens with one attached hydrogen (secondary N) is 1. The molecular formula is C18H20N6O4. The topological polar surface area (TPSA) is 117 Å². The quantitative estimate of drug-likeness (QED) is 0.581. The molecule has 0 aliphatic rings. The van der Waals surface area contributed by atoms with Gasteiger partial charge in [-0.05, 0) is 30.7 Å². The zero-order chi connectivity index (χ0) is 19.9. The summed E-state index contributed by atoms with van der Waals surface area (Å²) >= 11 is 0. The van der Waals surface area contributed by atoms with Crippen LogP contribution >= 0.6 is 0 Å². The SMILES string of the molecule is COc1ccc(C=CC(=O)NCCn2cc(-c3nc(C)no3)nn2)cc1OC. The van der Waals surface area contributed by atoms with E-state index in [9.17, 15) is 4.79 Å². The number of hydrogen-bond donors (Lipinski definition) is 1. The summed E-state index contributed by atoms with van der Waals surface area (Å²) in [5, 5.41) is 14.4. The van der Waals surface area contributed by atoms with Gasteiger partial charge in [-0.3, -0.25) is 4.79 Å². The van der Waals surface area contributed by atoms with Crippen LogP contribution in [0.25, 0.3) is 17.7 Å². The molecule has 0 aliphatic carbocycles. The summed E-state index contributed by atoms with van der Waals surface area (Å²) in [5.41, 5.74) is 1.31. The smallest absolute Gasteiger partial charge is 0.280 e. The maximum atomic E-state index is 12.0. The fourth-order valence-corrected chi connectivity index (χ4v) is 2.39. The first-order chi connectivity index (χ1) is 13.6. The lowest BCUT2D eigenvalue weighted by molar-refractivity contribution is -0.116. The van der Waals surface area contributed by atoms with Crippen molar-refractivity contribution in [3.8, 4) is 23.1 Å². The minimum atomic E-state index is -0.220. The third-order valence-corrected chi connectivity index (χ3v) is 3.76. The van der Waals surface area contributed by atoms with Crippen molar-refractivity contribution in [2.75, 3.05) is 20.8 Å². The Balaban J connectivity index is 1.49. The second-order valence-electron chi connectivity index (χ2n) is 5.75. The van der Waals surface area contributed by atoms with Crippen LogP contribution in [0.15, 0.2) is 35.0 Å². The average molecular weight is 384 g/mol. The molecule has 1 amide bonds. The Morgan fingerprint density at radius 2 is 2.11 bits per heavy atom. The zero-order valence-corrected chi connectivity index (χ0v) is 15.7. The first-order valence-corrected chi connectivity index (χ1v) is 8.48. The molecule has 0 radical (unpaired) electrons. The summed E-state index contributed by atoms with van der Waals surface area (Å²) in [6, 6.07) is 5.41. The number of carbonyl (C=O) groups is 1. The largest absolute Gasteiger partial charge is 0.493 e. The minimum Gasteiger partial charge on any atom is -0.493 e. The van der Waals surface area contributed by atoms with Crippen LogP contribution in [0.3, 0.4) is 0 Å². The van der Waals surface area contributed by atoms with E-state index in [1.165, 1.54) is 6.08 Å². The molecule has 0 fully saturated rings. The number of benzene rings is 1. The highest BCUT2D eigenvalue weighted by Crippen LogP contribution is 2.27. The van der Waals surface area contributed by atoms with Crippen molar-refractivity contribution in [3.05, 3.63) is 41.9 Å². The Labute approximate surface area is 161 Å². The summed E-state index contributed by atoms with van der Waals surface area (Å²) < 4.78 is 17.1. The third kappa shape index (κ3) is 4.72. The molecule has 0 aliphatic heterocycles. The molecule has 0 saturated heterocycles. The van der Waals surface area contributed by atoms with Gasteiger partial charge in [0.05, 0.1) is 27.0 Å². The van der Waals surface area contributed by atoms with E-state index in [-0.39, 0.29) is 5.91 Å². The molecule has 10 heteroatoms. The highest BCUT2D eigenvalue weighted by molar-refractivity contribution is 5.91. The lowest BCUT2D eigenvalue weighted by Gasteiger charge is -2.07. The van der Waals surface area contributed by atoms with E-state index in [1.54, 1.807) is 50.2 Å². The van der Waals surface area contributed by atoms with E-state index in [4.69, 9.17) is 14.0 Å². The number of aromatic nitrogens is 5. The standard InChI is InChI=1S/C18H20N6O4/c1-12-20-18(28-22-12)14-11-24(23-21-14)9-8-19-17(25)7-5-13-4-6-15(26-2)16(10-13)27-3/h4-7,10-11H,8-9H2,1-3H3,(H,19,25). The van der Waals surface area contributed by atoms with Crippen LogP contribution in [0.4, 0.5) is 0 Å². The number of amides is 1. The van der Waals surface area contributed by atoms with E-state index in [2.05, 4.69) is 25.8 Å². The molecule has 0 saturated carbocycles. The van der Waals surface area contributed by atoms with Crippen LogP contribution in [0.5, 0.6) is 11.5 Å². The number of hydrogen-bond acceptors (Lipinski definition) is 8. The van der Waals surface area contributed by atoms with Gasteiger partial charge in [-0.2, -0.15) is 4.98 Å². The Hall–Kier alpha value is -3.69. The maximum absolute atomic E-state index is 12.0. The van der Waals surface area contributed by atoms with Crippen LogP contribution in [0, 0.1) is 6.92 Å². The molecule has 0 bridgehead atoms. The molecule has 1 N–H and O–H groups in total. The van der Waals surface area contributed by atoms with Gasteiger partial charge >= 0.3 is 0 Å². The Bertz CT molecular complexity index is 978. The van der Waals surface area contributed by atoms with Gasteiger partial charge in [-0.25, -0.2) is 4.68 Å². The number of aryl methyl sites for hydroxylation is 1. The molecule has 3 aromatic rings. The Morgan fingerprint density at radius 3 is 2.82 bits per heavy atom. The van der Waals surface area contributed by atoms with Crippen LogP contribution in [0.1, 0.15) is 11.4 Å². The van der Waals surface area contributed by atoms with Crippen molar-refractivity contribution in [2.24, 2.45) is 0 Å². The number of methoxy groups -OCH3 is 2. The van der Waals surface area contributed by atoms with Gasteiger partial charge in [0.1, 0.15) is 0 Å². The first kappa shape index (κ1) is 19.1. The fraction of sp³-hybridized carbons (Fsp3) is 0.278. The Kier molecular flexibility index (Phi) is 6.00. The second kappa shape index (κ2) is 8.80. The first-order valence-electron chi connectivity index (χ1n) is 8.48. The van der Waals surface area contributed by atoms with Crippen LogP contribution in [-0.2, 0) is 11.3 Å². The molecule has 28 heavy (non-hydrogen) atoms. The van der Waals surface area contributed by atoms with E-state index < -0.39 is 0 Å². The molecular weight excluding hydrogens is 364 g/mol. The lowest BCUT2D eigenvalue weighted by Crippen LogP contribution is -2.25. The minimum absolute atomic E-state index is 0.220. The number of rotatable bonds is 8. The normalized spacial score (nSPS) is 11.0. The molecule has 3 rings (SSSR count). The maximum Gasteiger partial charge on any atom is 0.280 e. The second-order valence-corrected chi connectivity index (χ2v) is 5.75. The van der Waals surface area contributed by atoms with Crippen molar-refractivity contribution < 1.29 is 18.8 Å². The molecule has 0 unspecified atom stereocenters. The number of nitrogens with zero attached hydrogens (tertiary/aromatic N) is 5. The van der Waals surface area contributed by atoms with Crippen LogP contribution in [-0.4, -0.2) is 51.8 Å². The molecule has 146 valence electrons. The molecule has 2 aromatic heterocycles. The van der Waals surface area contributed by atoms with Gasteiger partial charge in [0.2, 0.25) is 5.91 Å². The monoisotopic (exact) mass is 384 g/mol. The van der Waals surface area contributed by atoms with Gasteiger partial charge in [-0.1, -0.05) is 16.4 Å². The summed E-state index contributed by atoms with van der Waals surface area (Å²) in [5.74, 6) is 1.85. The summed E-state index contributed by atoms with van der Waals surface area (Å²) in [6.07, 6.45) is 4.83. The highest BCUT2D eigenvalue weighted by Gasteiger charge is 2.10. The number of carbonyl (C=O) groups excluding carboxylic acids is 1. The summed E-state index contributed by atoms with van der Waals surface area (Å²) in [6.45, 7) is 2.57. The fourth-order valence-electron chi connectivity index (χ4n) is 2.39. The van der Waals surface area contributed by atoms with Crippen molar-refractivity contribution >= 4 is 12.0 Å². The molecule has 2 heterocycles. The molecule has 0 atom stereocenters. The zero-order valence-electron chi connectivity index (χ0n) is 15.7. The van der Waals surface area contributed by atoms with Crippen molar-refractivity contribution in [3.63, 3.8) is 0 Å². The van der Waals surface area contributed by atoms with Gasteiger partial charge < -0.3 is 19.3 Å². The lowest BCUT2D eigenvalue weighted by atomic mass is 10.2. The molecule has 1 aromatic carbocycles. The summed E-state index contributed by atoms with van der Waals surface area (Å²) in [7, 11) is 3.13. The summed E-state index contributed by atoms with van der Waals surface area (Å²) in [4.78, 5) is 16.1. The van der Waals surface area contributed by atoms with E-state index >= 15 is 0 Å². The predicted molar refractivity (Wildman–Crippen MR) is 99.6 cm³/mol. The van der Waals surface area contributed by atoms with E-state index in [0.717, 1.165) is 5.56 Å². The predicted octanol–water partition coefficient (Wildman–Crippen LogP) is 1.48. The van der Waals surface area contributed by atoms with Crippen LogP contribution < -0.4 is 14.8 Å². The van der Waals surface area contributed by atoms with Crippen molar-refractivity contribution in [1.29, 1.82) is 0 Å². The highest BCUT2D eigenvalue weighted by atomic mass is 16.5. The molecule has 10 nitrogen and oxygen atoms in total. The number of ether oxygens (including phenoxy) is 2. The molecule has 0 spiro atoms. The van der Waals surface area contributed by atoms with Gasteiger partial charge in [0.15, 0.2) is 23.0 Å². The van der Waals surface area contributed by atoms with E-state index in [1.807, 2.05) is 6.07 Å². The Morgan fingerprint density at radius 1 is 1.29 bits per heavy atom. The van der Waals surface area contributed by atoms with Gasteiger partial charge in [0, 0.05) is 12.6 Å².